The summed E-state index contributed by atoms with van der Waals surface area (Å²) in [5.41, 5.74) is 1.93. The molecule has 3 heterocycles. The van der Waals surface area contributed by atoms with Gasteiger partial charge < -0.3 is 10.2 Å². The van der Waals surface area contributed by atoms with Gasteiger partial charge in [0.1, 0.15) is 0 Å². The Balaban J connectivity index is 1.61. The smallest absolute Gasteiger partial charge is 0.296 e. The normalized spacial score (nSPS) is 16.5. The molecule has 2 N–H and O–H groups in total. The molecule has 0 aromatic carbocycles. The van der Waals surface area contributed by atoms with Gasteiger partial charge in [-0.3, -0.25) is 9.89 Å². The van der Waals surface area contributed by atoms with Gasteiger partial charge in [-0.2, -0.15) is 5.10 Å². The number of nitrogens with one attached hydrogen (secondary N) is 2. The molecule has 0 saturated carbocycles. The van der Waals surface area contributed by atoms with E-state index in [4.69, 9.17) is 0 Å². The maximum Gasteiger partial charge on any atom is 0.296 e. The number of amides is 1. The van der Waals surface area contributed by atoms with Crippen LogP contribution in [0.1, 0.15) is 37.4 Å². The van der Waals surface area contributed by atoms with Gasteiger partial charge in [0.05, 0.1) is 18.6 Å². The number of aromatic nitrogens is 4. The summed E-state index contributed by atoms with van der Waals surface area (Å²) in [6.07, 6.45) is 4.97. The van der Waals surface area contributed by atoms with Crippen molar-refractivity contribution in [2.75, 3.05) is 18.0 Å². The maximum absolute atomic E-state index is 13.0. The average molecular weight is 356 g/mol. The molecule has 8 heteroatoms. The van der Waals surface area contributed by atoms with Gasteiger partial charge in [0, 0.05) is 42.7 Å². The summed E-state index contributed by atoms with van der Waals surface area (Å²) in [4.78, 5) is 21.9. The highest BCUT2D eigenvalue weighted by molar-refractivity contribution is 5.93. The first-order valence-corrected chi connectivity index (χ1v) is 8.57. The zero-order valence-electron chi connectivity index (χ0n) is 14.8. The molecular weight excluding hydrogens is 335 g/mol. The SMILES string of the molecule is CC(C)C#CC(=O)NCc1cn[nH]c1C1CCN(c2ncc(F)cn2)C1. The number of anilines is 1. The second kappa shape index (κ2) is 7.95. The lowest BCUT2D eigenvalue weighted by atomic mass is 10.0. The molecule has 1 saturated heterocycles. The fourth-order valence-corrected chi connectivity index (χ4v) is 2.89. The summed E-state index contributed by atoms with van der Waals surface area (Å²) < 4.78 is 13.0. The van der Waals surface area contributed by atoms with Gasteiger partial charge in [0.25, 0.3) is 5.91 Å². The van der Waals surface area contributed by atoms with Crippen LogP contribution in [0.5, 0.6) is 0 Å². The van der Waals surface area contributed by atoms with Crippen molar-refractivity contribution in [2.24, 2.45) is 5.92 Å². The van der Waals surface area contributed by atoms with Crippen LogP contribution < -0.4 is 10.2 Å². The van der Waals surface area contributed by atoms with Crippen LogP contribution in [0.15, 0.2) is 18.6 Å². The topological polar surface area (TPSA) is 86.8 Å². The fourth-order valence-electron chi connectivity index (χ4n) is 2.89. The summed E-state index contributed by atoms with van der Waals surface area (Å²) >= 11 is 0. The van der Waals surface area contributed by atoms with E-state index < -0.39 is 5.82 Å². The molecule has 1 aliphatic rings. The van der Waals surface area contributed by atoms with Gasteiger partial charge >= 0.3 is 0 Å². The Hall–Kier alpha value is -2.95. The molecule has 3 rings (SSSR count). The fraction of sp³-hybridized carbons (Fsp3) is 0.444. The van der Waals surface area contributed by atoms with Crippen molar-refractivity contribution < 1.29 is 9.18 Å². The first kappa shape index (κ1) is 17.9. The molecule has 1 unspecified atom stereocenters. The second-order valence-electron chi connectivity index (χ2n) is 6.55. The van der Waals surface area contributed by atoms with Gasteiger partial charge in [0.15, 0.2) is 5.82 Å². The number of rotatable bonds is 4. The second-order valence-corrected chi connectivity index (χ2v) is 6.55. The number of halogens is 1. The summed E-state index contributed by atoms with van der Waals surface area (Å²) in [6.45, 7) is 5.74. The van der Waals surface area contributed by atoms with Crippen LogP contribution in [-0.2, 0) is 11.3 Å². The van der Waals surface area contributed by atoms with E-state index in [1.807, 2.05) is 18.7 Å². The van der Waals surface area contributed by atoms with Crippen LogP contribution in [0.4, 0.5) is 10.3 Å². The first-order chi connectivity index (χ1) is 12.5. The number of carbonyl (C=O) groups is 1. The van der Waals surface area contributed by atoms with E-state index in [2.05, 4.69) is 37.3 Å². The Kier molecular flexibility index (Phi) is 5.46. The van der Waals surface area contributed by atoms with Crippen molar-refractivity contribution in [3.8, 4) is 11.8 Å². The molecule has 0 radical (unpaired) electrons. The largest absolute Gasteiger partial charge is 0.341 e. The van der Waals surface area contributed by atoms with Crippen LogP contribution in [0.3, 0.4) is 0 Å². The Morgan fingerprint density at radius 2 is 2.19 bits per heavy atom. The van der Waals surface area contributed by atoms with Crippen molar-refractivity contribution in [3.05, 3.63) is 35.7 Å². The molecule has 7 nitrogen and oxygen atoms in total. The zero-order chi connectivity index (χ0) is 18.5. The van der Waals surface area contributed by atoms with Crippen molar-refractivity contribution in [2.45, 2.75) is 32.7 Å². The predicted octanol–water partition coefficient (Wildman–Crippen LogP) is 1.61. The molecule has 2 aromatic rings. The summed E-state index contributed by atoms with van der Waals surface area (Å²) in [5, 5.41) is 9.96. The Bertz CT molecular complexity index is 820. The van der Waals surface area contributed by atoms with Gasteiger partial charge in [-0.1, -0.05) is 19.8 Å². The Morgan fingerprint density at radius 3 is 2.92 bits per heavy atom. The maximum atomic E-state index is 13.0. The molecule has 0 aliphatic carbocycles. The number of carbonyl (C=O) groups excluding carboxylic acids is 1. The van der Waals surface area contributed by atoms with E-state index in [0.717, 1.165) is 24.2 Å². The third-order valence-electron chi connectivity index (χ3n) is 4.15. The van der Waals surface area contributed by atoms with Crippen molar-refractivity contribution in [1.29, 1.82) is 0 Å². The minimum Gasteiger partial charge on any atom is -0.341 e. The number of hydrogen-bond acceptors (Lipinski definition) is 5. The van der Waals surface area contributed by atoms with E-state index in [-0.39, 0.29) is 17.7 Å². The van der Waals surface area contributed by atoms with Crippen LogP contribution in [-0.4, -0.2) is 39.2 Å². The molecule has 1 aliphatic heterocycles. The Morgan fingerprint density at radius 1 is 1.42 bits per heavy atom. The molecule has 2 aromatic heterocycles. The molecule has 136 valence electrons. The van der Waals surface area contributed by atoms with E-state index in [0.29, 0.717) is 19.0 Å². The average Bonchev–Trinajstić information content (AvgIpc) is 3.27. The van der Waals surface area contributed by atoms with E-state index in [1.54, 1.807) is 6.20 Å². The molecular formula is C18H21FN6O. The van der Waals surface area contributed by atoms with Crippen LogP contribution >= 0.6 is 0 Å². The summed E-state index contributed by atoms with van der Waals surface area (Å²) in [5.74, 6) is 5.58. The van der Waals surface area contributed by atoms with Crippen LogP contribution in [0.2, 0.25) is 0 Å². The van der Waals surface area contributed by atoms with E-state index in [1.165, 1.54) is 12.4 Å². The van der Waals surface area contributed by atoms with Gasteiger partial charge in [-0.05, 0) is 12.3 Å². The lowest BCUT2D eigenvalue weighted by Gasteiger charge is -2.16. The number of hydrogen-bond donors (Lipinski definition) is 2. The highest BCUT2D eigenvalue weighted by Gasteiger charge is 2.28. The molecule has 0 bridgehead atoms. The lowest BCUT2D eigenvalue weighted by molar-refractivity contribution is -0.115. The van der Waals surface area contributed by atoms with E-state index >= 15 is 0 Å². The van der Waals surface area contributed by atoms with Gasteiger partial charge in [0.2, 0.25) is 5.95 Å². The monoisotopic (exact) mass is 356 g/mol. The minimum absolute atomic E-state index is 0.156. The van der Waals surface area contributed by atoms with Crippen molar-refractivity contribution >= 4 is 11.9 Å². The highest BCUT2D eigenvalue weighted by Crippen LogP contribution is 2.29. The minimum atomic E-state index is -0.448. The van der Waals surface area contributed by atoms with E-state index in [9.17, 15) is 9.18 Å². The lowest BCUT2D eigenvalue weighted by Crippen LogP contribution is -2.23. The van der Waals surface area contributed by atoms with Crippen LogP contribution in [0, 0.1) is 23.6 Å². The standard InChI is InChI=1S/C18H21FN6O/c1-12(2)3-4-16(26)20-7-14-8-23-24-17(14)13-5-6-25(11-13)18-21-9-15(19)10-22-18/h8-10,12-13H,5-7,11H2,1-2H3,(H,20,26)(H,23,24). The van der Waals surface area contributed by atoms with Gasteiger partial charge in [-0.25, -0.2) is 14.4 Å². The quantitative estimate of drug-likeness (QED) is 0.813. The number of nitrogens with zero attached hydrogens (tertiary/aromatic N) is 4. The molecule has 26 heavy (non-hydrogen) atoms. The third-order valence-corrected chi connectivity index (χ3v) is 4.15. The third kappa shape index (κ3) is 4.36. The Labute approximate surface area is 151 Å². The molecule has 1 amide bonds. The molecule has 0 spiro atoms. The summed E-state index contributed by atoms with van der Waals surface area (Å²) in [6, 6.07) is 0. The molecule has 1 fully saturated rings. The number of H-pyrrole nitrogens is 1. The molecule has 1 atom stereocenters. The highest BCUT2D eigenvalue weighted by atomic mass is 19.1. The predicted molar refractivity (Wildman–Crippen MR) is 94.6 cm³/mol. The summed E-state index contributed by atoms with van der Waals surface area (Å²) in [7, 11) is 0. The first-order valence-electron chi connectivity index (χ1n) is 8.57. The van der Waals surface area contributed by atoms with Crippen LogP contribution in [0.25, 0.3) is 0 Å². The number of aromatic amines is 1. The van der Waals surface area contributed by atoms with Gasteiger partial charge in [-0.15, -0.1) is 0 Å². The van der Waals surface area contributed by atoms with Crippen molar-refractivity contribution in [3.63, 3.8) is 0 Å². The zero-order valence-corrected chi connectivity index (χ0v) is 14.8. The van der Waals surface area contributed by atoms with Crippen molar-refractivity contribution in [1.82, 2.24) is 25.5 Å².